The topological polar surface area (TPSA) is 67.2 Å². The molecule has 29 heavy (non-hydrogen) atoms. The first-order chi connectivity index (χ1) is 14.0. The summed E-state index contributed by atoms with van der Waals surface area (Å²) in [5, 5.41) is 13.1. The van der Waals surface area contributed by atoms with Crippen LogP contribution in [-0.4, -0.2) is 28.1 Å². The van der Waals surface area contributed by atoms with Gasteiger partial charge in [0.05, 0.1) is 22.0 Å². The number of aryl methyl sites for hydroxylation is 1. The number of carbonyl (C=O) groups excluding carboxylic acids is 1. The molecule has 150 valence electrons. The van der Waals surface area contributed by atoms with E-state index in [0.29, 0.717) is 10.0 Å². The van der Waals surface area contributed by atoms with Crippen molar-refractivity contribution in [1.29, 1.82) is 0 Å². The van der Waals surface area contributed by atoms with Crippen LogP contribution in [0.5, 0.6) is 0 Å². The first kappa shape index (κ1) is 22.1. The molecule has 0 aliphatic rings. The van der Waals surface area contributed by atoms with Gasteiger partial charge in [-0.05, 0) is 30.2 Å². The Bertz CT molecular complexity index is 1010. The number of carbonyl (C=O) groups is 1. The van der Waals surface area contributed by atoms with Gasteiger partial charge >= 0.3 is 0 Å². The third-order valence-corrected chi connectivity index (χ3v) is 7.54. The minimum absolute atomic E-state index is 0.204. The highest BCUT2D eigenvalue weighted by atomic mass is 35.5. The van der Waals surface area contributed by atoms with Crippen LogP contribution in [0, 0.1) is 6.92 Å². The molecule has 3 rings (SSSR count). The number of hydrazone groups is 1. The molecule has 0 atom stereocenters. The molecular formula is C19H16Cl2N4OS3. The van der Waals surface area contributed by atoms with Crippen LogP contribution in [-0.2, 0) is 10.5 Å². The average Bonchev–Trinajstić information content (AvgIpc) is 3.17. The fraction of sp³-hybridized carbons (Fsp3) is 0.158. The molecule has 1 heterocycles. The SMILES string of the molecule is Cc1ccc(CSc2nnc(SCC(=O)NN=Cc3ccc(Cl)c(Cl)c3)s2)cc1. The summed E-state index contributed by atoms with van der Waals surface area (Å²) in [4.78, 5) is 11.9. The predicted molar refractivity (Wildman–Crippen MR) is 124 cm³/mol. The van der Waals surface area contributed by atoms with E-state index in [2.05, 4.69) is 51.9 Å². The maximum Gasteiger partial charge on any atom is 0.250 e. The Labute approximate surface area is 191 Å². The Hall–Kier alpha value is -1.58. The van der Waals surface area contributed by atoms with Crippen molar-refractivity contribution in [2.24, 2.45) is 5.10 Å². The van der Waals surface area contributed by atoms with Gasteiger partial charge in [-0.2, -0.15) is 5.10 Å². The molecule has 3 aromatic rings. The average molecular weight is 483 g/mol. The number of hydrogen-bond acceptors (Lipinski definition) is 7. The molecule has 5 nitrogen and oxygen atoms in total. The van der Waals surface area contributed by atoms with Crippen molar-refractivity contribution in [3.63, 3.8) is 0 Å². The van der Waals surface area contributed by atoms with Crippen LogP contribution in [0.2, 0.25) is 10.0 Å². The van der Waals surface area contributed by atoms with Crippen molar-refractivity contribution in [2.75, 3.05) is 5.75 Å². The molecule has 2 aromatic carbocycles. The Balaban J connectivity index is 1.41. The summed E-state index contributed by atoms with van der Waals surface area (Å²) in [5.41, 5.74) is 5.70. The quantitative estimate of drug-likeness (QED) is 0.253. The summed E-state index contributed by atoms with van der Waals surface area (Å²) in [7, 11) is 0. The van der Waals surface area contributed by atoms with Crippen LogP contribution in [0.3, 0.4) is 0 Å². The third kappa shape index (κ3) is 7.31. The number of nitrogens with one attached hydrogen (secondary N) is 1. The number of amides is 1. The van der Waals surface area contributed by atoms with Crippen molar-refractivity contribution in [3.8, 4) is 0 Å². The first-order valence-electron chi connectivity index (χ1n) is 8.41. The molecule has 0 saturated carbocycles. The van der Waals surface area contributed by atoms with Crippen molar-refractivity contribution >= 4 is 70.2 Å². The highest BCUT2D eigenvalue weighted by molar-refractivity contribution is 8.03. The van der Waals surface area contributed by atoms with Gasteiger partial charge in [0.1, 0.15) is 0 Å². The minimum atomic E-state index is -0.227. The Kier molecular flexibility index (Phi) is 8.38. The van der Waals surface area contributed by atoms with E-state index in [4.69, 9.17) is 23.2 Å². The van der Waals surface area contributed by atoms with Gasteiger partial charge in [-0.25, -0.2) is 5.43 Å². The van der Waals surface area contributed by atoms with Gasteiger partial charge in [0.15, 0.2) is 8.68 Å². The fourth-order valence-electron chi connectivity index (χ4n) is 2.07. The second-order valence-electron chi connectivity index (χ2n) is 5.86. The van der Waals surface area contributed by atoms with E-state index >= 15 is 0 Å². The van der Waals surface area contributed by atoms with Gasteiger partial charge in [-0.3, -0.25) is 4.79 Å². The molecule has 1 amide bonds. The van der Waals surface area contributed by atoms with E-state index in [1.54, 1.807) is 30.0 Å². The molecule has 0 bridgehead atoms. The number of benzene rings is 2. The lowest BCUT2D eigenvalue weighted by molar-refractivity contribution is -0.118. The van der Waals surface area contributed by atoms with Crippen molar-refractivity contribution < 1.29 is 4.79 Å². The second kappa shape index (κ2) is 11.0. The summed E-state index contributed by atoms with van der Waals surface area (Å²) >= 11 is 16.2. The number of aromatic nitrogens is 2. The van der Waals surface area contributed by atoms with Gasteiger partial charge in [0, 0.05) is 5.75 Å². The molecule has 0 unspecified atom stereocenters. The summed E-state index contributed by atoms with van der Waals surface area (Å²) in [6.45, 7) is 2.07. The lowest BCUT2D eigenvalue weighted by Crippen LogP contribution is -2.19. The number of halogens is 2. The monoisotopic (exact) mass is 482 g/mol. The first-order valence-corrected chi connectivity index (χ1v) is 12.0. The Morgan fingerprint density at radius 2 is 1.83 bits per heavy atom. The van der Waals surface area contributed by atoms with Gasteiger partial charge in [0.2, 0.25) is 0 Å². The number of thioether (sulfide) groups is 2. The molecule has 0 spiro atoms. The third-order valence-electron chi connectivity index (χ3n) is 3.54. The molecule has 1 N–H and O–H groups in total. The van der Waals surface area contributed by atoms with E-state index < -0.39 is 0 Å². The van der Waals surface area contributed by atoms with Gasteiger partial charge in [0.25, 0.3) is 5.91 Å². The number of hydrogen-bond donors (Lipinski definition) is 1. The van der Waals surface area contributed by atoms with Gasteiger partial charge < -0.3 is 0 Å². The zero-order valence-electron chi connectivity index (χ0n) is 15.3. The van der Waals surface area contributed by atoms with Crippen LogP contribution in [0.4, 0.5) is 0 Å². The molecule has 0 aliphatic heterocycles. The highest BCUT2D eigenvalue weighted by Gasteiger charge is 2.08. The minimum Gasteiger partial charge on any atom is -0.272 e. The van der Waals surface area contributed by atoms with E-state index in [1.165, 1.54) is 40.4 Å². The molecular weight excluding hydrogens is 467 g/mol. The summed E-state index contributed by atoms with van der Waals surface area (Å²) in [5.74, 6) is 0.815. The molecule has 0 saturated heterocycles. The Morgan fingerprint density at radius 1 is 1.10 bits per heavy atom. The van der Waals surface area contributed by atoms with E-state index in [1.807, 2.05) is 0 Å². The van der Waals surface area contributed by atoms with Gasteiger partial charge in [-0.1, -0.05) is 94.0 Å². The van der Waals surface area contributed by atoms with Crippen LogP contribution in [0.15, 0.2) is 56.2 Å². The second-order valence-corrected chi connectivity index (χ2v) is 10.1. The standard InChI is InChI=1S/C19H16Cl2N4OS3/c1-12-2-4-13(5-3-12)10-27-18-24-25-19(29-18)28-11-17(26)23-22-9-14-6-7-15(20)16(21)8-14/h2-9H,10-11H2,1H3,(H,23,26). The maximum atomic E-state index is 11.9. The Morgan fingerprint density at radius 3 is 2.55 bits per heavy atom. The largest absolute Gasteiger partial charge is 0.272 e. The molecule has 0 aliphatic carbocycles. The van der Waals surface area contributed by atoms with Crippen LogP contribution >= 0.6 is 58.1 Å². The van der Waals surface area contributed by atoms with Crippen molar-refractivity contribution in [1.82, 2.24) is 15.6 Å². The molecule has 1 aromatic heterocycles. The lowest BCUT2D eigenvalue weighted by atomic mass is 10.2. The van der Waals surface area contributed by atoms with Crippen molar-refractivity contribution in [2.45, 2.75) is 21.4 Å². The van der Waals surface area contributed by atoms with E-state index in [0.717, 1.165) is 20.0 Å². The zero-order chi connectivity index (χ0) is 20.6. The van der Waals surface area contributed by atoms with E-state index in [9.17, 15) is 4.79 Å². The van der Waals surface area contributed by atoms with Crippen LogP contribution in [0.25, 0.3) is 0 Å². The molecule has 10 heteroatoms. The summed E-state index contributed by atoms with van der Waals surface area (Å²) < 4.78 is 1.63. The summed E-state index contributed by atoms with van der Waals surface area (Å²) in [6, 6.07) is 13.5. The number of nitrogens with zero attached hydrogens (tertiary/aromatic N) is 3. The predicted octanol–water partition coefficient (Wildman–Crippen LogP) is 5.69. The highest BCUT2D eigenvalue weighted by Crippen LogP contribution is 2.30. The van der Waals surface area contributed by atoms with Crippen LogP contribution < -0.4 is 5.43 Å². The lowest BCUT2D eigenvalue weighted by Gasteiger charge is -1.99. The number of rotatable bonds is 8. The van der Waals surface area contributed by atoms with Crippen LogP contribution in [0.1, 0.15) is 16.7 Å². The van der Waals surface area contributed by atoms with Gasteiger partial charge in [-0.15, -0.1) is 10.2 Å². The smallest absolute Gasteiger partial charge is 0.250 e. The fourth-order valence-corrected chi connectivity index (χ4v) is 5.15. The van der Waals surface area contributed by atoms with E-state index in [-0.39, 0.29) is 11.7 Å². The normalized spacial score (nSPS) is 11.1. The maximum absolute atomic E-state index is 11.9. The van der Waals surface area contributed by atoms with Crippen molar-refractivity contribution in [3.05, 3.63) is 69.2 Å². The molecule has 0 fully saturated rings. The summed E-state index contributed by atoms with van der Waals surface area (Å²) in [6.07, 6.45) is 1.51. The molecule has 0 radical (unpaired) electrons. The zero-order valence-corrected chi connectivity index (χ0v) is 19.2.